The van der Waals surface area contributed by atoms with Crippen LogP contribution in [0.25, 0.3) is 0 Å². The second-order valence-electron chi connectivity index (χ2n) is 4.74. The molecule has 0 aliphatic rings. The van der Waals surface area contributed by atoms with Crippen molar-refractivity contribution in [2.45, 2.75) is 58.7 Å². The number of carboxylic acid groups (broad SMARTS) is 1. The van der Waals surface area contributed by atoms with Gasteiger partial charge in [-0.15, -0.1) is 0 Å². The first-order chi connectivity index (χ1) is 6.79. The van der Waals surface area contributed by atoms with Gasteiger partial charge in [0.2, 0.25) is 0 Å². The normalized spacial score (nSPS) is 16.1. The van der Waals surface area contributed by atoms with E-state index in [2.05, 4.69) is 0 Å². The van der Waals surface area contributed by atoms with E-state index in [0.717, 1.165) is 12.8 Å². The number of hydrogen-bond acceptors (Lipinski definition) is 3. The van der Waals surface area contributed by atoms with Gasteiger partial charge in [-0.05, 0) is 11.8 Å². The molecule has 4 nitrogen and oxygen atoms in total. The predicted octanol–water partition coefficient (Wildman–Crippen LogP) is 1.40. The summed E-state index contributed by atoms with van der Waals surface area (Å²) < 4.78 is 0. The van der Waals surface area contributed by atoms with E-state index in [0.29, 0.717) is 0 Å². The van der Waals surface area contributed by atoms with Crippen LogP contribution in [0.1, 0.15) is 46.5 Å². The van der Waals surface area contributed by atoms with Gasteiger partial charge in [-0.25, -0.2) is 0 Å². The number of hydrogen-bond donors (Lipinski definition) is 3. The Bertz CT molecular complexity index is 201. The highest BCUT2D eigenvalue weighted by molar-refractivity contribution is 5.67. The van der Waals surface area contributed by atoms with Crippen LogP contribution in [0.2, 0.25) is 0 Å². The lowest BCUT2D eigenvalue weighted by Crippen LogP contribution is -2.33. The molecule has 0 fully saturated rings. The highest BCUT2D eigenvalue weighted by Crippen LogP contribution is 2.29. The van der Waals surface area contributed by atoms with Crippen molar-refractivity contribution in [2.24, 2.45) is 5.41 Å². The topological polar surface area (TPSA) is 77.8 Å². The van der Waals surface area contributed by atoms with E-state index >= 15 is 0 Å². The smallest absolute Gasteiger partial charge is 0.305 e. The Morgan fingerprint density at radius 1 is 1.33 bits per heavy atom. The fraction of sp³-hybridized carbons (Fsp3) is 0.909. The van der Waals surface area contributed by atoms with Crippen molar-refractivity contribution >= 4 is 5.97 Å². The van der Waals surface area contributed by atoms with Crippen LogP contribution < -0.4 is 0 Å². The molecule has 3 N–H and O–H groups in total. The third-order valence-electron chi connectivity index (χ3n) is 2.70. The van der Waals surface area contributed by atoms with E-state index in [9.17, 15) is 15.0 Å². The van der Waals surface area contributed by atoms with E-state index in [1.54, 1.807) is 0 Å². The quantitative estimate of drug-likeness (QED) is 0.603. The minimum absolute atomic E-state index is 0.124. The number of aliphatic hydroxyl groups excluding tert-OH is 2. The minimum Gasteiger partial charge on any atom is -0.481 e. The Labute approximate surface area is 90.9 Å². The highest BCUT2D eigenvalue weighted by atomic mass is 16.4. The van der Waals surface area contributed by atoms with Gasteiger partial charge in [0, 0.05) is 6.42 Å². The second kappa shape index (κ2) is 6.08. The van der Waals surface area contributed by atoms with Crippen LogP contribution in [-0.4, -0.2) is 33.5 Å². The fourth-order valence-corrected chi connectivity index (χ4v) is 1.67. The molecule has 0 aromatic carbocycles. The molecule has 0 aromatic rings. The summed E-state index contributed by atoms with van der Waals surface area (Å²) in [6, 6.07) is 0. The summed E-state index contributed by atoms with van der Waals surface area (Å²) in [5.41, 5.74) is -0.270. The van der Waals surface area contributed by atoms with Crippen molar-refractivity contribution < 1.29 is 20.1 Å². The molecule has 0 aliphatic heterocycles. The largest absolute Gasteiger partial charge is 0.481 e. The van der Waals surface area contributed by atoms with Crippen molar-refractivity contribution in [3.63, 3.8) is 0 Å². The average Bonchev–Trinajstić information content (AvgIpc) is 2.01. The summed E-state index contributed by atoms with van der Waals surface area (Å²) in [4.78, 5) is 10.3. The average molecular weight is 218 g/mol. The monoisotopic (exact) mass is 218 g/mol. The van der Waals surface area contributed by atoms with Crippen LogP contribution in [-0.2, 0) is 4.79 Å². The van der Waals surface area contributed by atoms with Gasteiger partial charge in [0.05, 0.1) is 18.6 Å². The van der Waals surface area contributed by atoms with Crippen LogP contribution in [0.15, 0.2) is 0 Å². The summed E-state index contributed by atoms with van der Waals surface area (Å²) >= 11 is 0. The van der Waals surface area contributed by atoms with E-state index < -0.39 is 18.2 Å². The number of aliphatic carboxylic acids is 1. The van der Waals surface area contributed by atoms with Crippen molar-refractivity contribution in [3.8, 4) is 0 Å². The maximum absolute atomic E-state index is 10.3. The molecule has 0 heterocycles. The first-order valence-electron chi connectivity index (χ1n) is 5.37. The van der Waals surface area contributed by atoms with Gasteiger partial charge < -0.3 is 15.3 Å². The maximum Gasteiger partial charge on any atom is 0.305 e. The second-order valence-corrected chi connectivity index (χ2v) is 4.74. The van der Waals surface area contributed by atoms with Crippen LogP contribution >= 0.6 is 0 Å². The van der Waals surface area contributed by atoms with Crippen LogP contribution in [0.5, 0.6) is 0 Å². The maximum atomic E-state index is 10.3. The zero-order chi connectivity index (χ0) is 12.1. The van der Waals surface area contributed by atoms with Crippen LogP contribution in [0.3, 0.4) is 0 Å². The van der Waals surface area contributed by atoms with Gasteiger partial charge in [0.1, 0.15) is 0 Å². The lowest BCUT2D eigenvalue weighted by Gasteiger charge is -2.31. The molecule has 1 unspecified atom stereocenters. The molecule has 0 rings (SSSR count). The van der Waals surface area contributed by atoms with E-state index in [1.807, 2.05) is 20.8 Å². The molecule has 0 amide bonds. The Balaban J connectivity index is 4.10. The van der Waals surface area contributed by atoms with Gasteiger partial charge in [-0.1, -0.05) is 27.2 Å². The van der Waals surface area contributed by atoms with E-state index in [-0.39, 0.29) is 18.3 Å². The molecule has 0 radical (unpaired) electrons. The highest BCUT2D eigenvalue weighted by Gasteiger charge is 2.29. The third kappa shape index (κ3) is 5.74. The van der Waals surface area contributed by atoms with Crippen molar-refractivity contribution in [2.75, 3.05) is 0 Å². The summed E-state index contributed by atoms with van der Waals surface area (Å²) in [5.74, 6) is -1.04. The van der Waals surface area contributed by atoms with Crippen molar-refractivity contribution in [3.05, 3.63) is 0 Å². The zero-order valence-electron chi connectivity index (χ0n) is 9.73. The third-order valence-corrected chi connectivity index (χ3v) is 2.70. The Kier molecular flexibility index (Phi) is 5.83. The molecule has 4 heteroatoms. The molecule has 0 saturated carbocycles. The molecule has 0 saturated heterocycles. The number of aliphatic hydroxyl groups is 2. The van der Waals surface area contributed by atoms with Gasteiger partial charge in [0.15, 0.2) is 0 Å². The first kappa shape index (κ1) is 14.4. The Hall–Kier alpha value is -0.610. The fourth-order valence-electron chi connectivity index (χ4n) is 1.67. The Morgan fingerprint density at radius 3 is 2.27 bits per heavy atom. The standard InChI is InChI=1S/C11H22O4/c1-4-5-11(2,3)9(13)6-8(12)7-10(14)15/h8-9,12-13H,4-7H2,1-3H3,(H,14,15)/t8-,9?/m1/s1. The molecular formula is C11H22O4. The summed E-state index contributed by atoms with van der Waals surface area (Å²) in [6.45, 7) is 5.88. The number of carbonyl (C=O) groups is 1. The molecule has 2 atom stereocenters. The SMILES string of the molecule is CCCC(C)(C)C(O)C[C@@H](O)CC(=O)O. The molecule has 0 aliphatic carbocycles. The van der Waals surface area contributed by atoms with Gasteiger partial charge >= 0.3 is 5.97 Å². The zero-order valence-corrected chi connectivity index (χ0v) is 9.73. The molecule has 0 spiro atoms. The summed E-state index contributed by atoms with van der Waals surface area (Å²) in [6.07, 6.45) is 0.00596. The molecule has 15 heavy (non-hydrogen) atoms. The predicted molar refractivity (Wildman–Crippen MR) is 57.6 cm³/mol. The number of carboxylic acids is 1. The molecule has 0 bridgehead atoms. The van der Waals surface area contributed by atoms with Gasteiger partial charge in [0.25, 0.3) is 0 Å². The van der Waals surface area contributed by atoms with Gasteiger partial charge in [-0.3, -0.25) is 4.79 Å². The van der Waals surface area contributed by atoms with Crippen LogP contribution in [0, 0.1) is 5.41 Å². The van der Waals surface area contributed by atoms with Crippen LogP contribution in [0.4, 0.5) is 0 Å². The summed E-state index contributed by atoms with van der Waals surface area (Å²) in [5, 5.41) is 27.7. The van der Waals surface area contributed by atoms with Crippen molar-refractivity contribution in [1.29, 1.82) is 0 Å². The van der Waals surface area contributed by atoms with E-state index in [4.69, 9.17) is 5.11 Å². The van der Waals surface area contributed by atoms with Crippen molar-refractivity contribution in [1.82, 2.24) is 0 Å². The Morgan fingerprint density at radius 2 is 1.87 bits per heavy atom. The first-order valence-corrected chi connectivity index (χ1v) is 5.37. The molecule has 0 aromatic heterocycles. The lowest BCUT2D eigenvalue weighted by molar-refractivity contribution is -0.139. The van der Waals surface area contributed by atoms with E-state index in [1.165, 1.54) is 0 Å². The molecular weight excluding hydrogens is 196 g/mol. The molecule has 90 valence electrons. The summed E-state index contributed by atoms with van der Waals surface area (Å²) in [7, 11) is 0. The number of rotatable bonds is 7. The minimum atomic E-state index is -1.04. The lowest BCUT2D eigenvalue weighted by atomic mass is 9.79. The van der Waals surface area contributed by atoms with Gasteiger partial charge in [-0.2, -0.15) is 0 Å².